The predicted molar refractivity (Wildman–Crippen MR) is 112 cm³/mol. The maximum atomic E-state index is 17.4. The number of esters is 1. The molecule has 0 aromatic rings. The van der Waals surface area contributed by atoms with Gasteiger partial charge in [0.2, 0.25) is 0 Å². The highest BCUT2D eigenvalue weighted by molar-refractivity contribution is 6.02. The maximum absolute atomic E-state index is 17.4. The van der Waals surface area contributed by atoms with E-state index in [1.54, 1.807) is 6.92 Å². The first kappa shape index (κ1) is 24.2. The van der Waals surface area contributed by atoms with Gasteiger partial charge >= 0.3 is 5.97 Å². The van der Waals surface area contributed by atoms with Crippen LogP contribution in [0, 0.1) is 22.7 Å². The second-order valence-corrected chi connectivity index (χ2v) is 10.3. The molecule has 4 rings (SSSR count). The second-order valence-electron chi connectivity index (χ2n) is 10.3. The van der Waals surface area contributed by atoms with E-state index in [1.807, 2.05) is 0 Å². The van der Waals surface area contributed by atoms with E-state index in [9.17, 15) is 34.8 Å². The molecule has 1 unspecified atom stereocenters. The number of aliphatic hydroxyl groups excluding tert-OH is 3. The van der Waals surface area contributed by atoms with Crippen molar-refractivity contribution in [1.82, 2.24) is 0 Å². The molecule has 0 radical (unpaired) electrons. The smallest absolute Gasteiger partial charge is 0.310 e. The number of carbonyl (C=O) groups is 3. The number of ether oxygens (including phenoxy) is 1. The van der Waals surface area contributed by atoms with Gasteiger partial charge in [0, 0.05) is 23.8 Å². The lowest BCUT2D eigenvalue weighted by molar-refractivity contribution is -0.228. The summed E-state index contributed by atoms with van der Waals surface area (Å²) < 4.78 is 22.8. The second kappa shape index (κ2) is 7.53. The van der Waals surface area contributed by atoms with Crippen molar-refractivity contribution in [1.29, 1.82) is 0 Å². The summed E-state index contributed by atoms with van der Waals surface area (Å²) in [6, 6.07) is 0. The third-order valence-corrected chi connectivity index (χ3v) is 9.07. The zero-order chi connectivity index (χ0) is 24.6. The maximum Gasteiger partial charge on any atom is 0.310 e. The molecule has 3 saturated carbocycles. The van der Waals surface area contributed by atoms with Crippen molar-refractivity contribution in [3.63, 3.8) is 0 Å². The molecule has 0 aromatic carbocycles. The lowest BCUT2D eigenvalue weighted by Crippen LogP contribution is -2.70. The largest absolute Gasteiger partial charge is 0.430 e. The molecule has 0 aromatic heterocycles. The Bertz CT molecular complexity index is 974. The first-order chi connectivity index (χ1) is 15.3. The number of aliphatic hydroxyl groups is 4. The Hall–Kier alpha value is -1.94. The summed E-state index contributed by atoms with van der Waals surface area (Å²) in [7, 11) is 0. The molecular formula is C24H31FO8. The van der Waals surface area contributed by atoms with Crippen LogP contribution < -0.4 is 0 Å². The number of halogens is 1. The Labute approximate surface area is 191 Å². The van der Waals surface area contributed by atoms with Crippen LogP contribution in [0.2, 0.25) is 0 Å². The van der Waals surface area contributed by atoms with Crippen molar-refractivity contribution >= 4 is 17.5 Å². The molecule has 4 aliphatic rings. The molecule has 4 N–H and O–H groups in total. The molecule has 0 bridgehead atoms. The summed E-state index contributed by atoms with van der Waals surface area (Å²) in [5.41, 5.74) is -7.33. The van der Waals surface area contributed by atoms with Crippen molar-refractivity contribution < 1.29 is 43.9 Å². The lowest BCUT2D eigenvalue weighted by Gasteiger charge is -2.62. The van der Waals surface area contributed by atoms with E-state index in [0.29, 0.717) is 5.57 Å². The van der Waals surface area contributed by atoms with Crippen LogP contribution in [0.4, 0.5) is 4.39 Å². The first-order valence-corrected chi connectivity index (χ1v) is 11.4. The van der Waals surface area contributed by atoms with Crippen LogP contribution in [-0.2, 0) is 19.1 Å². The highest BCUT2D eigenvalue weighted by Gasteiger charge is 2.77. The van der Waals surface area contributed by atoms with Gasteiger partial charge in [-0.25, -0.2) is 4.39 Å². The van der Waals surface area contributed by atoms with Gasteiger partial charge in [0.05, 0.1) is 17.6 Å². The number of allylic oxidation sites excluding steroid dienone is 3. The fourth-order valence-electron chi connectivity index (χ4n) is 7.26. The fraction of sp³-hybridized carbons (Fsp3) is 0.708. The average molecular weight is 467 g/mol. The monoisotopic (exact) mass is 466 g/mol. The number of fused-ring (bicyclic) bond motifs is 5. The van der Waals surface area contributed by atoms with Gasteiger partial charge < -0.3 is 25.2 Å². The topological polar surface area (TPSA) is 141 Å². The van der Waals surface area contributed by atoms with Crippen LogP contribution >= 0.6 is 0 Å². The summed E-state index contributed by atoms with van der Waals surface area (Å²) in [6.45, 7) is 3.62. The summed E-state index contributed by atoms with van der Waals surface area (Å²) in [5, 5.41) is 42.7. The summed E-state index contributed by atoms with van der Waals surface area (Å²) in [5.74, 6) is -3.83. The van der Waals surface area contributed by atoms with Gasteiger partial charge in [-0.05, 0) is 50.2 Å². The van der Waals surface area contributed by atoms with E-state index >= 15 is 4.39 Å². The minimum absolute atomic E-state index is 0.00905. The molecular weight excluding hydrogens is 435 g/mol. The normalized spacial score (nSPS) is 46.5. The summed E-state index contributed by atoms with van der Waals surface area (Å²) >= 11 is 0. The Balaban J connectivity index is 1.85. The summed E-state index contributed by atoms with van der Waals surface area (Å²) in [6.07, 6.45) is -0.818. The van der Waals surface area contributed by atoms with E-state index in [2.05, 4.69) is 0 Å². The van der Waals surface area contributed by atoms with E-state index in [0.717, 1.165) is 6.08 Å². The van der Waals surface area contributed by atoms with Crippen LogP contribution in [0.3, 0.4) is 0 Å². The number of Topliss-reactive ketones (excluding diaryl/α,β-unsaturated/α-hetero) is 1. The van der Waals surface area contributed by atoms with Crippen molar-refractivity contribution in [2.75, 3.05) is 6.61 Å². The molecule has 182 valence electrons. The molecule has 0 aliphatic heterocycles. The molecule has 0 heterocycles. The van der Waals surface area contributed by atoms with Gasteiger partial charge in [0.25, 0.3) is 0 Å². The van der Waals surface area contributed by atoms with Crippen LogP contribution in [0.1, 0.15) is 52.9 Å². The zero-order valence-electron chi connectivity index (χ0n) is 19.0. The number of hydrogen-bond donors (Lipinski definition) is 4. The number of carbonyl (C=O) groups excluding carboxylic acids is 3. The van der Waals surface area contributed by atoms with Crippen molar-refractivity contribution in [3.8, 4) is 0 Å². The van der Waals surface area contributed by atoms with E-state index in [-0.39, 0.29) is 37.9 Å². The Morgan fingerprint density at radius 2 is 1.85 bits per heavy atom. The minimum Gasteiger partial charge on any atom is -0.430 e. The van der Waals surface area contributed by atoms with Crippen molar-refractivity contribution in [2.24, 2.45) is 22.7 Å². The van der Waals surface area contributed by atoms with E-state index in [4.69, 9.17) is 4.74 Å². The Morgan fingerprint density at radius 1 is 1.18 bits per heavy atom. The van der Waals surface area contributed by atoms with Gasteiger partial charge in [0.1, 0.15) is 12.4 Å². The Morgan fingerprint density at radius 3 is 2.45 bits per heavy atom. The highest BCUT2D eigenvalue weighted by Crippen LogP contribution is 2.70. The van der Waals surface area contributed by atoms with Gasteiger partial charge in [-0.15, -0.1) is 0 Å². The average Bonchev–Trinajstić information content (AvgIpc) is 2.96. The third kappa shape index (κ3) is 2.79. The molecule has 0 saturated heterocycles. The van der Waals surface area contributed by atoms with E-state index in [1.165, 1.54) is 19.9 Å². The van der Waals surface area contributed by atoms with Crippen LogP contribution in [-0.4, -0.2) is 68.0 Å². The summed E-state index contributed by atoms with van der Waals surface area (Å²) in [4.78, 5) is 37.0. The highest BCUT2D eigenvalue weighted by atomic mass is 19.1. The molecule has 0 spiro atoms. The first-order valence-electron chi connectivity index (χ1n) is 11.4. The van der Waals surface area contributed by atoms with Gasteiger partial charge in [-0.1, -0.05) is 13.8 Å². The van der Waals surface area contributed by atoms with Crippen molar-refractivity contribution in [3.05, 3.63) is 23.5 Å². The fourth-order valence-corrected chi connectivity index (χ4v) is 7.26. The SMILES string of the molecule is CCC(=O)OC1=CC(=O)C=C2CC[C@H]3[C@@H]4C[C@@H](O)C(O)(C(=O)CO)[C@@]4(C)C[C@H](O)[C@]3(F)[C@]21C. The quantitative estimate of drug-likeness (QED) is 0.448. The molecule has 8 atom stereocenters. The number of rotatable bonds is 4. The minimum atomic E-state index is -2.39. The van der Waals surface area contributed by atoms with Crippen LogP contribution in [0.25, 0.3) is 0 Å². The third-order valence-electron chi connectivity index (χ3n) is 9.07. The molecule has 8 nitrogen and oxygen atoms in total. The number of alkyl halides is 1. The molecule has 33 heavy (non-hydrogen) atoms. The van der Waals surface area contributed by atoms with Crippen LogP contribution in [0.15, 0.2) is 23.5 Å². The lowest BCUT2D eigenvalue weighted by atomic mass is 9.44. The standard InChI is InChI=1S/C24H31FO8/c1-4-20(31)33-19-8-13(27)7-12-5-6-14-15-9-16(28)24(32,18(30)11-26)21(15,2)10-17(29)23(14,25)22(12,19)3/h7-8,14-17,26,28-29,32H,4-6,9-11H2,1-3H3/t14-,15-,16+,17-,21-,22+,23-,24?/m0/s1. The van der Waals surface area contributed by atoms with E-state index < -0.39 is 70.3 Å². The number of hydrogen-bond acceptors (Lipinski definition) is 8. The van der Waals surface area contributed by atoms with Gasteiger partial charge in [0.15, 0.2) is 22.8 Å². The molecule has 4 aliphatic carbocycles. The van der Waals surface area contributed by atoms with Gasteiger partial charge in [-0.3, -0.25) is 14.4 Å². The molecule has 0 amide bonds. The van der Waals surface area contributed by atoms with Gasteiger partial charge in [-0.2, -0.15) is 0 Å². The molecule has 9 heteroatoms. The zero-order valence-corrected chi connectivity index (χ0v) is 19.0. The number of ketones is 2. The Kier molecular flexibility index (Phi) is 5.52. The predicted octanol–water partition coefficient (Wildman–Crippen LogP) is 0.901. The van der Waals surface area contributed by atoms with Crippen LogP contribution in [0.5, 0.6) is 0 Å². The molecule has 3 fully saturated rings. The van der Waals surface area contributed by atoms with Crippen molar-refractivity contribution in [2.45, 2.75) is 76.4 Å².